The van der Waals surface area contributed by atoms with Crippen LogP contribution in [0.3, 0.4) is 0 Å². The number of hydrogen-bond acceptors (Lipinski definition) is 3. The predicted molar refractivity (Wildman–Crippen MR) is 66.0 cm³/mol. The topological polar surface area (TPSA) is 61.8 Å². The van der Waals surface area contributed by atoms with E-state index in [0.29, 0.717) is 17.3 Å². The van der Waals surface area contributed by atoms with Gasteiger partial charge in [-0.2, -0.15) is 5.26 Å². The average molecular weight is 215 g/mol. The van der Waals surface area contributed by atoms with Crippen molar-refractivity contribution in [2.45, 2.75) is 32.2 Å². The molecule has 84 valence electrons. The highest BCUT2D eigenvalue weighted by Crippen LogP contribution is 2.29. The summed E-state index contributed by atoms with van der Waals surface area (Å²) in [6.45, 7) is 2.28. The first-order valence-electron chi connectivity index (χ1n) is 5.75. The predicted octanol–water partition coefficient (Wildman–Crippen LogP) is 2.74. The first kappa shape index (κ1) is 10.8. The first-order chi connectivity index (χ1) is 7.69. The molecule has 1 aliphatic carbocycles. The summed E-state index contributed by atoms with van der Waals surface area (Å²) in [5.41, 5.74) is 8.13. The molecule has 3 heteroatoms. The summed E-state index contributed by atoms with van der Waals surface area (Å²) in [6.07, 6.45) is 3.70. The van der Waals surface area contributed by atoms with Crippen LogP contribution in [0, 0.1) is 17.2 Å². The number of nitrogens with one attached hydrogen (secondary N) is 1. The molecule has 2 rings (SSSR count). The van der Waals surface area contributed by atoms with Crippen molar-refractivity contribution >= 4 is 11.4 Å². The number of nitrogens with zero attached hydrogens (tertiary/aromatic N) is 1. The maximum Gasteiger partial charge on any atom is 0.0992 e. The lowest BCUT2D eigenvalue weighted by molar-refractivity contribution is 0.603. The van der Waals surface area contributed by atoms with E-state index in [1.165, 1.54) is 19.3 Å². The van der Waals surface area contributed by atoms with E-state index in [0.717, 1.165) is 11.6 Å². The molecule has 1 aliphatic rings. The fourth-order valence-corrected chi connectivity index (χ4v) is 2.32. The summed E-state index contributed by atoms with van der Waals surface area (Å²) >= 11 is 0. The smallest absolute Gasteiger partial charge is 0.0992 e. The molecule has 0 aliphatic heterocycles. The fraction of sp³-hybridized carbons (Fsp3) is 0.462. The number of hydrogen-bond donors (Lipinski definition) is 2. The minimum atomic E-state index is 0.533. The summed E-state index contributed by atoms with van der Waals surface area (Å²) < 4.78 is 0. The number of nitrogen functional groups attached to an aromatic ring is 1. The molecule has 1 aromatic rings. The number of anilines is 2. The summed E-state index contributed by atoms with van der Waals surface area (Å²) in [5.74, 6) is 0.803. The Morgan fingerprint density at radius 3 is 2.81 bits per heavy atom. The maximum atomic E-state index is 8.75. The highest BCUT2D eigenvalue weighted by Gasteiger charge is 2.21. The van der Waals surface area contributed by atoms with Gasteiger partial charge in [-0.05, 0) is 43.4 Å². The number of nitriles is 1. The quantitative estimate of drug-likeness (QED) is 0.746. The van der Waals surface area contributed by atoms with Gasteiger partial charge >= 0.3 is 0 Å². The van der Waals surface area contributed by atoms with Crippen molar-refractivity contribution < 1.29 is 0 Å². The molecule has 3 N–H and O–H groups in total. The lowest BCUT2D eigenvalue weighted by atomic mass is 10.1. The molecule has 1 saturated carbocycles. The molecule has 0 radical (unpaired) electrons. The molecule has 16 heavy (non-hydrogen) atoms. The Morgan fingerprint density at radius 2 is 2.25 bits per heavy atom. The Balaban J connectivity index is 2.08. The number of benzene rings is 1. The van der Waals surface area contributed by atoms with Crippen LogP contribution in [0.15, 0.2) is 18.2 Å². The molecule has 0 aromatic heterocycles. The van der Waals surface area contributed by atoms with Crippen LogP contribution in [0.2, 0.25) is 0 Å². The average Bonchev–Trinajstić information content (AvgIpc) is 2.67. The lowest BCUT2D eigenvalue weighted by Crippen LogP contribution is -2.16. The fourth-order valence-electron chi connectivity index (χ4n) is 2.32. The van der Waals surface area contributed by atoms with Gasteiger partial charge in [0.05, 0.1) is 23.0 Å². The molecule has 1 aromatic carbocycles. The molecule has 0 amide bonds. The van der Waals surface area contributed by atoms with Crippen molar-refractivity contribution in [3.8, 4) is 6.07 Å². The normalized spacial score (nSPS) is 24.0. The second kappa shape index (κ2) is 4.44. The summed E-state index contributed by atoms with van der Waals surface area (Å²) in [6, 6.07) is 8.05. The first-order valence-corrected chi connectivity index (χ1v) is 5.75. The van der Waals surface area contributed by atoms with Crippen molar-refractivity contribution in [3.63, 3.8) is 0 Å². The molecule has 0 spiro atoms. The van der Waals surface area contributed by atoms with Gasteiger partial charge in [-0.3, -0.25) is 0 Å². The Morgan fingerprint density at radius 1 is 1.44 bits per heavy atom. The third-order valence-electron chi connectivity index (χ3n) is 3.24. The molecule has 2 atom stereocenters. The van der Waals surface area contributed by atoms with Gasteiger partial charge < -0.3 is 11.1 Å². The highest BCUT2D eigenvalue weighted by atomic mass is 14.9. The van der Waals surface area contributed by atoms with Gasteiger partial charge in [-0.15, -0.1) is 0 Å². The van der Waals surface area contributed by atoms with Crippen LogP contribution < -0.4 is 11.1 Å². The van der Waals surface area contributed by atoms with Crippen LogP contribution in [0.4, 0.5) is 11.4 Å². The van der Waals surface area contributed by atoms with E-state index in [4.69, 9.17) is 11.0 Å². The molecule has 0 heterocycles. The van der Waals surface area contributed by atoms with E-state index in [2.05, 4.69) is 18.3 Å². The molecule has 0 bridgehead atoms. The standard InChI is InChI=1S/C13H17N3/c1-9-2-4-11(6-9)16-13-5-3-10(8-14)7-12(13)15/h3,5,7,9,11,16H,2,4,6,15H2,1H3/t9-,11?/m1/s1. The van der Waals surface area contributed by atoms with E-state index in [9.17, 15) is 0 Å². The maximum absolute atomic E-state index is 8.75. The van der Waals surface area contributed by atoms with E-state index in [-0.39, 0.29) is 0 Å². The van der Waals surface area contributed by atoms with Gasteiger partial charge in [-0.1, -0.05) is 6.92 Å². The third kappa shape index (κ3) is 2.27. The van der Waals surface area contributed by atoms with E-state index >= 15 is 0 Å². The van der Waals surface area contributed by atoms with Crippen LogP contribution in [0.5, 0.6) is 0 Å². The zero-order valence-corrected chi connectivity index (χ0v) is 9.53. The second-order valence-corrected chi connectivity index (χ2v) is 4.67. The largest absolute Gasteiger partial charge is 0.397 e. The Bertz CT molecular complexity index is 420. The monoisotopic (exact) mass is 215 g/mol. The zero-order valence-electron chi connectivity index (χ0n) is 9.53. The minimum Gasteiger partial charge on any atom is -0.397 e. The zero-order chi connectivity index (χ0) is 11.5. The molecule has 1 fully saturated rings. The van der Waals surface area contributed by atoms with Gasteiger partial charge in [0.25, 0.3) is 0 Å². The minimum absolute atomic E-state index is 0.533. The Labute approximate surface area is 96.3 Å². The third-order valence-corrected chi connectivity index (χ3v) is 3.24. The van der Waals surface area contributed by atoms with E-state index in [1.54, 1.807) is 12.1 Å². The van der Waals surface area contributed by atoms with E-state index in [1.807, 2.05) is 6.07 Å². The van der Waals surface area contributed by atoms with Crippen LogP contribution in [-0.2, 0) is 0 Å². The highest BCUT2D eigenvalue weighted by molar-refractivity contribution is 5.68. The number of rotatable bonds is 2. The molecule has 1 unspecified atom stereocenters. The van der Waals surface area contributed by atoms with Gasteiger partial charge in [-0.25, -0.2) is 0 Å². The number of nitrogens with two attached hydrogens (primary N) is 1. The van der Waals surface area contributed by atoms with Crippen molar-refractivity contribution in [2.75, 3.05) is 11.1 Å². The van der Waals surface area contributed by atoms with Crippen LogP contribution >= 0.6 is 0 Å². The lowest BCUT2D eigenvalue weighted by Gasteiger charge is -2.15. The summed E-state index contributed by atoms with van der Waals surface area (Å²) in [4.78, 5) is 0. The van der Waals surface area contributed by atoms with Gasteiger partial charge in [0.1, 0.15) is 0 Å². The van der Waals surface area contributed by atoms with Gasteiger partial charge in [0.15, 0.2) is 0 Å². The van der Waals surface area contributed by atoms with Crippen LogP contribution in [-0.4, -0.2) is 6.04 Å². The SMILES string of the molecule is C[C@@H]1CCC(Nc2ccc(C#N)cc2N)C1. The van der Waals surface area contributed by atoms with Crippen molar-refractivity contribution in [1.29, 1.82) is 5.26 Å². The Hall–Kier alpha value is -1.69. The van der Waals surface area contributed by atoms with Gasteiger partial charge in [0, 0.05) is 6.04 Å². The molecular weight excluding hydrogens is 198 g/mol. The van der Waals surface area contributed by atoms with Crippen molar-refractivity contribution in [3.05, 3.63) is 23.8 Å². The van der Waals surface area contributed by atoms with Crippen molar-refractivity contribution in [1.82, 2.24) is 0 Å². The van der Waals surface area contributed by atoms with Gasteiger partial charge in [0.2, 0.25) is 0 Å². The molecule has 3 nitrogen and oxygen atoms in total. The molecule has 0 saturated heterocycles. The van der Waals surface area contributed by atoms with E-state index < -0.39 is 0 Å². The van der Waals surface area contributed by atoms with Crippen LogP contribution in [0.25, 0.3) is 0 Å². The summed E-state index contributed by atoms with van der Waals surface area (Å²) in [7, 11) is 0. The second-order valence-electron chi connectivity index (χ2n) is 4.67. The van der Waals surface area contributed by atoms with Crippen molar-refractivity contribution in [2.24, 2.45) is 5.92 Å². The van der Waals surface area contributed by atoms with Crippen LogP contribution in [0.1, 0.15) is 31.7 Å². The Kier molecular flexibility index (Phi) is 3.00. The molecular formula is C13H17N3. The summed E-state index contributed by atoms with van der Waals surface area (Å²) in [5, 5.41) is 12.2.